The number of ether oxygens (including phenoxy) is 1. The van der Waals surface area contributed by atoms with E-state index in [1.807, 2.05) is 35.8 Å². The summed E-state index contributed by atoms with van der Waals surface area (Å²) in [4.78, 5) is 31.7. The summed E-state index contributed by atoms with van der Waals surface area (Å²) in [6.45, 7) is 5.40. The van der Waals surface area contributed by atoms with Gasteiger partial charge in [-0.1, -0.05) is 68.3 Å². The zero-order valence-corrected chi connectivity index (χ0v) is 23.1. The van der Waals surface area contributed by atoms with Crippen molar-refractivity contribution in [2.75, 3.05) is 13.7 Å². The highest BCUT2D eigenvalue weighted by Gasteiger charge is 2.21. The number of imidazole rings is 1. The topological polar surface area (TPSA) is 126 Å². The lowest BCUT2D eigenvalue weighted by Gasteiger charge is -2.13. The molecule has 1 N–H and O–H groups in total. The third kappa shape index (κ3) is 5.24. The predicted octanol–water partition coefficient (Wildman–Crippen LogP) is 3.65. The molecule has 208 valence electrons. The van der Waals surface area contributed by atoms with E-state index >= 15 is 0 Å². The number of fused-ring (bicyclic) bond motifs is 1. The Bertz CT molecular complexity index is 1700. The van der Waals surface area contributed by atoms with E-state index in [0.29, 0.717) is 30.1 Å². The molecule has 3 aromatic heterocycles. The summed E-state index contributed by atoms with van der Waals surface area (Å²) in [5.41, 5.74) is 4.18. The lowest BCUT2D eigenvalue weighted by Crippen LogP contribution is -2.41. The molecule has 0 radical (unpaired) electrons. The fraction of sp³-hybridized carbons (Fsp3) is 0.379. The van der Waals surface area contributed by atoms with E-state index in [2.05, 4.69) is 51.8 Å². The number of benzene rings is 2. The van der Waals surface area contributed by atoms with Gasteiger partial charge in [-0.05, 0) is 40.5 Å². The van der Waals surface area contributed by atoms with Crippen LogP contribution in [0.3, 0.4) is 0 Å². The zero-order chi connectivity index (χ0) is 28.1. The molecular weight excluding hydrogens is 508 g/mol. The number of nitrogens with one attached hydrogen (secondary N) is 1. The van der Waals surface area contributed by atoms with E-state index in [9.17, 15) is 9.59 Å². The number of H-pyrrole nitrogens is 1. The molecule has 0 fully saturated rings. The van der Waals surface area contributed by atoms with Crippen molar-refractivity contribution in [1.29, 1.82) is 0 Å². The van der Waals surface area contributed by atoms with E-state index in [1.165, 1.54) is 4.57 Å². The maximum atomic E-state index is 13.7. The smallest absolute Gasteiger partial charge is 0.332 e. The fourth-order valence-corrected chi connectivity index (χ4v) is 5.08. The number of aryl methyl sites for hydroxylation is 2. The summed E-state index contributed by atoms with van der Waals surface area (Å²) < 4.78 is 10.0. The first kappa shape index (κ1) is 27.2. The van der Waals surface area contributed by atoms with Crippen LogP contribution in [0.15, 0.2) is 58.1 Å². The molecule has 40 heavy (non-hydrogen) atoms. The molecular formula is C29H34N8O3. The number of aromatic nitrogens is 8. The predicted molar refractivity (Wildman–Crippen MR) is 153 cm³/mol. The minimum Gasteiger partial charge on any atom is -0.383 e. The first-order valence-corrected chi connectivity index (χ1v) is 13.7. The van der Waals surface area contributed by atoms with Crippen molar-refractivity contribution in [2.24, 2.45) is 0 Å². The van der Waals surface area contributed by atoms with Crippen LogP contribution >= 0.6 is 0 Å². The molecule has 0 saturated heterocycles. The lowest BCUT2D eigenvalue weighted by molar-refractivity contribution is 0.184. The number of hydrogen-bond donors (Lipinski definition) is 1. The largest absolute Gasteiger partial charge is 0.383 e. The van der Waals surface area contributed by atoms with Crippen molar-refractivity contribution in [3.63, 3.8) is 0 Å². The molecule has 2 aromatic carbocycles. The number of rotatable bonds is 12. The average Bonchev–Trinajstić information content (AvgIpc) is 3.63. The summed E-state index contributed by atoms with van der Waals surface area (Å²) in [5, 5.41) is 14.3. The summed E-state index contributed by atoms with van der Waals surface area (Å²) in [7, 11) is 1.56. The number of nitrogens with zero attached hydrogens (tertiary/aromatic N) is 7. The van der Waals surface area contributed by atoms with Crippen LogP contribution in [0.4, 0.5) is 0 Å². The molecule has 5 rings (SSSR count). The summed E-state index contributed by atoms with van der Waals surface area (Å²) >= 11 is 0. The SMILES string of the molecule is CCCCCc1nc2c(c(=O)n(CCOC)c(=O)n2CC)n1Cc1ccc(-c2ccccc2-c2nnn[nH]2)cc1. The Morgan fingerprint density at radius 1 is 0.925 bits per heavy atom. The molecule has 0 aliphatic rings. The van der Waals surface area contributed by atoms with Gasteiger partial charge in [-0.3, -0.25) is 13.9 Å². The second-order valence-corrected chi connectivity index (χ2v) is 9.71. The standard InChI is InChI=1S/C29H34N8O3/c1-4-6-7-12-24-30-27-25(28(38)36(17-18-40-3)29(39)35(27)5-2)37(24)19-20-13-15-21(16-14-20)22-10-8-9-11-23(22)26-31-33-34-32-26/h8-11,13-16H,4-7,12,17-19H2,1-3H3,(H,31,32,33,34). The van der Waals surface area contributed by atoms with Crippen LogP contribution in [-0.4, -0.2) is 53.0 Å². The van der Waals surface area contributed by atoms with Gasteiger partial charge >= 0.3 is 5.69 Å². The second kappa shape index (κ2) is 12.2. The zero-order valence-electron chi connectivity index (χ0n) is 23.1. The monoisotopic (exact) mass is 542 g/mol. The minimum atomic E-state index is -0.355. The molecule has 3 heterocycles. The van der Waals surface area contributed by atoms with Crippen molar-refractivity contribution < 1.29 is 4.74 Å². The van der Waals surface area contributed by atoms with Gasteiger partial charge in [-0.2, -0.15) is 0 Å². The highest BCUT2D eigenvalue weighted by atomic mass is 16.5. The summed E-state index contributed by atoms with van der Waals surface area (Å²) in [6.07, 6.45) is 3.84. The van der Waals surface area contributed by atoms with Gasteiger partial charge in [0.1, 0.15) is 5.82 Å². The Morgan fingerprint density at radius 3 is 2.38 bits per heavy atom. The van der Waals surface area contributed by atoms with Gasteiger partial charge in [0, 0.05) is 32.2 Å². The van der Waals surface area contributed by atoms with Crippen molar-refractivity contribution in [1.82, 2.24) is 39.3 Å². The van der Waals surface area contributed by atoms with Gasteiger partial charge < -0.3 is 9.30 Å². The van der Waals surface area contributed by atoms with Gasteiger partial charge in [0.05, 0.1) is 13.2 Å². The summed E-state index contributed by atoms with van der Waals surface area (Å²) in [5.74, 6) is 1.42. The van der Waals surface area contributed by atoms with Crippen LogP contribution < -0.4 is 11.2 Å². The lowest BCUT2D eigenvalue weighted by atomic mass is 9.98. The highest BCUT2D eigenvalue weighted by molar-refractivity contribution is 5.80. The van der Waals surface area contributed by atoms with Crippen LogP contribution in [-0.2, 0) is 30.8 Å². The first-order valence-electron chi connectivity index (χ1n) is 13.7. The van der Waals surface area contributed by atoms with Gasteiger partial charge in [0.2, 0.25) is 0 Å². The van der Waals surface area contributed by atoms with Crippen molar-refractivity contribution in [3.05, 3.63) is 80.8 Å². The molecule has 11 heteroatoms. The average molecular weight is 543 g/mol. The van der Waals surface area contributed by atoms with Crippen molar-refractivity contribution in [2.45, 2.75) is 59.2 Å². The van der Waals surface area contributed by atoms with Crippen LogP contribution in [0, 0.1) is 0 Å². The highest BCUT2D eigenvalue weighted by Crippen LogP contribution is 2.30. The number of hydrogen-bond acceptors (Lipinski definition) is 7. The molecule has 0 saturated carbocycles. The number of tetrazole rings is 1. The van der Waals surface area contributed by atoms with Crippen LogP contribution in [0.5, 0.6) is 0 Å². The quantitative estimate of drug-likeness (QED) is 0.239. The molecule has 0 spiro atoms. The Labute approximate surface area is 231 Å². The summed E-state index contributed by atoms with van der Waals surface area (Å²) in [6, 6.07) is 16.2. The van der Waals surface area contributed by atoms with E-state index in [1.54, 1.807) is 11.7 Å². The maximum Gasteiger partial charge on any atom is 0.332 e. The van der Waals surface area contributed by atoms with Crippen LogP contribution in [0.1, 0.15) is 44.5 Å². The van der Waals surface area contributed by atoms with E-state index in [0.717, 1.165) is 53.8 Å². The van der Waals surface area contributed by atoms with E-state index in [4.69, 9.17) is 9.72 Å². The molecule has 0 atom stereocenters. The molecule has 11 nitrogen and oxygen atoms in total. The third-order valence-electron chi connectivity index (χ3n) is 7.17. The second-order valence-electron chi connectivity index (χ2n) is 9.71. The van der Waals surface area contributed by atoms with Gasteiger partial charge in [0.15, 0.2) is 17.0 Å². The van der Waals surface area contributed by atoms with E-state index in [-0.39, 0.29) is 24.4 Å². The van der Waals surface area contributed by atoms with Crippen molar-refractivity contribution in [3.8, 4) is 22.5 Å². The normalized spacial score (nSPS) is 11.5. The first-order chi connectivity index (χ1) is 19.6. The Kier molecular flexibility index (Phi) is 8.30. The Hall–Kier alpha value is -4.38. The molecule has 0 aliphatic carbocycles. The van der Waals surface area contributed by atoms with Gasteiger partial charge in [-0.25, -0.2) is 14.9 Å². The number of unbranched alkanes of at least 4 members (excludes halogenated alkanes) is 2. The molecule has 0 unspecified atom stereocenters. The maximum absolute atomic E-state index is 13.7. The molecule has 0 bridgehead atoms. The molecule has 0 amide bonds. The Morgan fingerprint density at radius 2 is 1.70 bits per heavy atom. The van der Waals surface area contributed by atoms with Gasteiger partial charge in [-0.15, -0.1) is 5.10 Å². The fourth-order valence-electron chi connectivity index (χ4n) is 5.08. The van der Waals surface area contributed by atoms with Crippen LogP contribution in [0.25, 0.3) is 33.7 Å². The van der Waals surface area contributed by atoms with E-state index < -0.39 is 0 Å². The molecule has 0 aliphatic heterocycles. The number of methoxy groups -OCH3 is 1. The van der Waals surface area contributed by atoms with Crippen LogP contribution in [0.2, 0.25) is 0 Å². The molecule has 5 aromatic rings. The minimum absolute atomic E-state index is 0.190. The Balaban J connectivity index is 1.57. The van der Waals surface area contributed by atoms with Gasteiger partial charge in [0.25, 0.3) is 5.56 Å². The third-order valence-corrected chi connectivity index (χ3v) is 7.17. The van der Waals surface area contributed by atoms with Crippen molar-refractivity contribution >= 4 is 11.2 Å². The number of aromatic amines is 1.